The van der Waals surface area contributed by atoms with Crippen molar-refractivity contribution in [2.45, 2.75) is 72.5 Å². The van der Waals surface area contributed by atoms with Crippen LogP contribution in [0.2, 0.25) is 0 Å². The summed E-state index contributed by atoms with van der Waals surface area (Å²) in [6.07, 6.45) is 0.868. The predicted octanol–water partition coefficient (Wildman–Crippen LogP) is 3.02. The molecule has 0 fully saturated rings. The van der Waals surface area contributed by atoms with Crippen molar-refractivity contribution in [3.8, 4) is 6.07 Å². The van der Waals surface area contributed by atoms with E-state index >= 15 is 0 Å². The van der Waals surface area contributed by atoms with Crippen LogP contribution < -0.4 is 5.32 Å². The van der Waals surface area contributed by atoms with Gasteiger partial charge in [-0.3, -0.25) is 5.32 Å². The van der Waals surface area contributed by atoms with Gasteiger partial charge in [-0.2, -0.15) is 5.26 Å². The minimum absolute atomic E-state index is 0.340. The molecule has 0 spiro atoms. The summed E-state index contributed by atoms with van der Waals surface area (Å²) < 4.78 is 0. The summed E-state index contributed by atoms with van der Waals surface area (Å²) in [6, 6.07) is 3.30. The van der Waals surface area contributed by atoms with Gasteiger partial charge in [0.2, 0.25) is 0 Å². The molecule has 0 aromatic rings. The van der Waals surface area contributed by atoms with Gasteiger partial charge in [0.25, 0.3) is 0 Å². The predicted molar refractivity (Wildman–Crippen MR) is 78.5 cm³/mol. The zero-order valence-electron chi connectivity index (χ0n) is 13.2. The summed E-state index contributed by atoms with van der Waals surface area (Å²) in [5, 5.41) is 12.7. The third kappa shape index (κ3) is 6.98. The minimum Gasteiger partial charge on any atom is -0.301 e. The average molecular weight is 253 g/mol. The Morgan fingerprint density at radius 3 is 2.06 bits per heavy atom. The molecule has 18 heavy (non-hydrogen) atoms. The van der Waals surface area contributed by atoms with Crippen LogP contribution in [0.5, 0.6) is 0 Å². The highest BCUT2D eigenvalue weighted by Crippen LogP contribution is 2.13. The third-order valence-corrected chi connectivity index (χ3v) is 3.08. The molecule has 0 aliphatic heterocycles. The van der Waals surface area contributed by atoms with Gasteiger partial charge in [-0.05, 0) is 47.0 Å². The Morgan fingerprint density at radius 1 is 1.17 bits per heavy atom. The lowest BCUT2D eigenvalue weighted by Gasteiger charge is -2.32. The lowest BCUT2D eigenvalue weighted by atomic mass is 9.97. The molecule has 0 amide bonds. The fraction of sp³-hybridized carbons (Fsp3) is 0.933. The fourth-order valence-corrected chi connectivity index (χ4v) is 2.19. The van der Waals surface area contributed by atoms with Gasteiger partial charge in [-0.15, -0.1) is 0 Å². The van der Waals surface area contributed by atoms with Gasteiger partial charge < -0.3 is 4.90 Å². The first kappa shape index (κ1) is 17.4. The van der Waals surface area contributed by atoms with E-state index in [4.69, 9.17) is 0 Å². The van der Waals surface area contributed by atoms with E-state index in [0.717, 1.165) is 19.5 Å². The van der Waals surface area contributed by atoms with Gasteiger partial charge >= 0.3 is 0 Å². The van der Waals surface area contributed by atoms with E-state index in [-0.39, 0.29) is 0 Å². The van der Waals surface area contributed by atoms with Crippen molar-refractivity contribution in [1.29, 1.82) is 5.26 Å². The molecule has 0 aliphatic carbocycles. The standard InChI is InChI=1S/C15H31N3/c1-12(2)10-18(14(5)6)9-8-15(7,11-16)17-13(3)4/h12-14,17H,8-10H2,1-7H3. The van der Waals surface area contributed by atoms with Crippen molar-refractivity contribution < 1.29 is 0 Å². The van der Waals surface area contributed by atoms with Crippen molar-refractivity contribution in [3.63, 3.8) is 0 Å². The van der Waals surface area contributed by atoms with Gasteiger partial charge in [-0.1, -0.05) is 13.8 Å². The molecule has 1 atom stereocenters. The molecule has 0 aliphatic rings. The van der Waals surface area contributed by atoms with Gasteiger partial charge in [-0.25, -0.2) is 0 Å². The second-order valence-corrected chi connectivity index (χ2v) is 6.48. The van der Waals surface area contributed by atoms with Crippen LogP contribution in [0.3, 0.4) is 0 Å². The molecule has 0 aromatic heterocycles. The molecule has 0 saturated carbocycles. The Kier molecular flexibility index (Phi) is 7.51. The number of nitriles is 1. The van der Waals surface area contributed by atoms with Crippen LogP contribution in [0.4, 0.5) is 0 Å². The maximum absolute atomic E-state index is 9.34. The van der Waals surface area contributed by atoms with Crippen LogP contribution in [0.15, 0.2) is 0 Å². The van der Waals surface area contributed by atoms with E-state index in [1.165, 1.54) is 0 Å². The molecular formula is C15H31N3. The molecule has 3 nitrogen and oxygen atoms in total. The van der Waals surface area contributed by atoms with Gasteiger partial charge in [0.05, 0.1) is 6.07 Å². The number of hydrogen-bond acceptors (Lipinski definition) is 3. The second kappa shape index (κ2) is 7.76. The quantitative estimate of drug-likeness (QED) is 0.722. The number of rotatable bonds is 8. The molecule has 0 aromatic carbocycles. The van der Waals surface area contributed by atoms with E-state index in [0.29, 0.717) is 18.0 Å². The highest BCUT2D eigenvalue weighted by molar-refractivity contribution is 5.04. The normalized spacial score (nSPS) is 15.4. The molecule has 1 N–H and O–H groups in total. The smallest absolute Gasteiger partial charge is 0.105 e. The molecule has 0 radical (unpaired) electrons. The lowest BCUT2D eigenvalue weighted by Crippen LogP contribution is -2.48. The van der Waals surface area contributed by atoms with E-state index in [1.54, 1.807) is 0 Å². The van der Waals surface area contributed by atoms with Crippen molar-refractivity contribution in [1.82, 2.24) is 10.2 Å². The van der Waals surface area contributed by atoms with Crippen LogP contribution in [-0.2, 0) is 0 Å². The van der Waals surface area contributed by atoms with Gasteiger partial charge in [0.1, 0.15) is 5.54 Å². The van der Waals surface area contributed by atoms with Crippen LogP contribution in [0.1, 0.15) is 54.9 Å². The maximum Gasteiger partial charge on any atom is 0.105 e. The molecule has 0 saturated heterocycles. The Bertz CT molecular complexity index is 265. The Balaban J connectivity index is 4.44. The lowest BCUT2D eigenvalue weighted by molar-refractivity contribution is 0.179. The summed E-state index contributed by atoms with van der Waals surface area (Å²) in [4.78, 5) is 2.46. The van der Waals surface area contributed by atoms with Crippen LogP contribution in [0.25, 0.3) is 0 Å². The summed E-state index contributed by atoms with van der Waals surface area (Å²) in [6.45, 7) is 17.2. The molecule has 0 rings (SSSR count). The molecule has 0 heterocycles. The zero-order valence-corrected chi connectivity index (χ0v) is 13.2. The highest BCUT2D eigenvalue weighted by atomic mass is 15.2. The first-order valence-corrected chi connectivity index (χ1v) is 7.13. The fourth-order valence-electron chi connectivity index (χ4n) is 2.19. The molecule has 3 heteroatoms. The second-order valence-electron chi connectivity index (χ2n) is 6.48. The average Bonchev–Trinajstić information content (AvgIpc) is 2.22. The number of nitrogens with zero attached hydrogens (tertiary/aromatic N) is 2. The third-order valence-electron chi connectivity index (χ3n) is 3.08. The monoisotopic (exact) mass is 253 g/mol. The van der Waals surface area contributed by atoms with Crippen LogP contribution in [0, 0.1) is 17.2 Å². The molecule has 1 unspecified atom stereocenters. The SMILES string of the molecule is CC(C)CN(CCC(C)(C#N)NC(C)C)C(C)C. The van der Waals surface area contributed by atoms with Crippen molar-refractivity contribution in [3.05, 3.63) is 0 Å². The summed E-state index contributed by atoms with van der Waals surface area (Å²) in [5.41, 5.74) is -0.418. The minimum atomic E-state index is -0.418. The van der Waals surface area contributed by atoms with Crippen LogP contribution in [-0.4, -0.2) is 35.6 Å². The molecule has 106 valence electrons. The van der Waals surface area contributed by atoms with Crippen LogP contribution >= 0.6 is 0 Å². The Morgan fingerprint density at radius 2 is 1.72 bits per heavy atom. The first-order chi connectivity index (χ1) is 8.20. The maximum atomic E-state index is 9.34. The molecular weight excluding hydrogens is 222 g/mol. The highest BCUT2D eigenvalue weighted by Gasteiger charge is 2.25. The topological polar surface area (TPSA) is 39.1 Å². The summed E-state index contributed by atoms with van der Waals surface area (Å²) in [5.74, 6) is 0.666. The van der Waals surface area contributed by atoms with Crippen molar-refractivity contribution in [2.24, 2.45) is 5.92 Å². The van der Waals surface area contributed by atoms with Crippen molar-refractivity contribution in [2.75, 3.05) is 13.1 Å². The van der Waals surface area contributed by atoms with Gasteiger partial charge in [0, 0.05) is 25.2 Å². The Labute approximate surface area is 114 Å². The summed E-state index contributed by atoms with van der Waals surface area (Å²) >= 11 is 0. The van der Waals surface area contributed by atoms with E-state index < -0.39 is 5.54 Å². The number of nitrogens with one attached hydrogen (secondary N) is 1. The van der Waals surface area contributed by atoms with E-state index in [1.807, 2.05) is 6.92 Å². The summed E-state index contributed by atoms with van der Waals surface area (Å²) in [7, 11) is 0. The van der Waals surface area contributed by atoms with E-state index in [9.17, 15) is 5.26 Å². The van der Waals surface area contributed by atoms with Gasteiger partial charge in [0.15, 0.2) is 0 Å². The zero-order chi connectivity index (χ0) is 14.3. The molecule has 0 bridgehead atoms. The van der Waals surface area contributed by atoms with Crippen molar-refractivity contribution >= 4 is 0 Å². The first-order valence-electron chi connectivity index (χ1n) is 7.13. The Hall–Kier alpha value is -0.590. The van der Waals surface area contributed by atoms with E-state index in [2.05, 4.69) is 57.8 Å². The number of hydrogen-bond donors (Lipinski definition) is 1. The largest absolute Gasteiger partial charge is 0.301 e.